The van der Waals surface area contributed by atoms with Crippen molar-refractivity contribution >= 4 is 34.1 Å². The van der Waals surface area contributed by atoms with Crippen LogP contribution >= 0.6 is 23.2 Å². The van der Waals surface area contributed by atoms with E-state index in [0.29, 0.717) is 22.5 Å². The number of halogens is 2. The molecule has 0 atom stereocenters. The first-order chi connectivity index (χ1) is 25.0. The van der Waals surface area contributed by atoms with E-state index in [0.717, 1.165) is 67.7 Å². The predicted molar refractivity (Wildman–Crippen MR) is 206 cm³/mol. The minimum atomic E-state index is -0.854. The largest absolute Gasteiger partial charge is 0.339 e. The van der Waals surface area contributed by atoms with E-state index in [4.69, 9.17) is 38.6 Å². The van der Waals surface area contributed by atoms with Crippen LogP contribution in [0.3, 0.4) is 0 Å². The molecular weight excluding hydrogens is 671 g/mol. The van der Waals surface area contributed by atoms with Crippen molar-refractivity contribution in [2.75, 3.05) is 0 Å². The fourth-order valence-corrected chi connectivity index (χ4v) is 7.72. The van der Waals surface area contributed by atoms with Gasteiger partial charge in [-0.05, 0) is 58.0 Å². The van der Waals surface area contributed by atoms with E-state index >= 15 is 0 Å². The van der Waals surface area contributed by atoms with E-state index in [-0.39, 0.29) is 0 Å². The first-order valence-electron chi connectivity index (χ1n) is 17.0. The molecule has 3 aromatic heterocycles. The highest BCUT2D eigenvalue weighted by Gasteiger charge is 2.41. The van der Waals surface area contributed by atoms with E-state index in [2.05, 4.69) is 132 Å². The molecule has 8 aromatic rings. The normalized spacial score (nSPS) is 11.7. The smallest absolute Gasteiger partial charge is 0.205 e. The second-order valence-electron chi connectivity index (χ2n) is 12.6. The summed E-state index contributed by atoms with van der Waals surface area (Å²) >= 11 is 13.3. The minimum absolute atomic E-state index is 0.447. The van der Waals surface area contributed by atoms with E-state index in [1.54, 1.807) is 4.80 Å². The summed E-state index contributed by atoms with van der Waals surface area (Å²) in [5, 5.41) is 16.6. The van der Waals surface area contributed by atoms with Crippen LogP contribution in [0.25, 0.3) is 33.4 Å². The number of pyridine rings is 1. The molecule has 0 fully saturated rings. The Labute approximate surface area is 307 Å². The Kier molecular flexibility index (Phi) is 8.72. The first kappa shape index (κ1) is 32.6. The molecule has 5 aromatic carbocycles. The number of aryl methyl sites for hydroxylation is 1. The summed E-state index contributed by atoms with van der Waals surface area (Å²) in [4.78, 5) is 6.30. The third-order valence-electron chi connectivity index (χ3n) is 9.66. The lowest BCUT2D eigenvalue weighted by molar-refractivity contribution is 0.396. The van der Waals surface area contributed by atoms with Gasteiger partial charge in [-0.25, -0.2) is 4.98 Å². The third-order valence-corrected chi connectivity index (χ3v) is 10.4. The van der Waals surface area contributed by atoms with Gasteiger partial charge in [0.05, 0.1) is 15.9 Å². The van der Waals surface area contributed by atoms with Crippen LogP contribution in [0, 0.1) is 6.92 Å². The van der Waals surface area contributed by atoms with E-state index in [1.165, 1.54) is 0 Å². The molecule has 0 bridgehead atoms. The van der Waals surface area contributed by atoms with E-state index < -0.39 is 5.54 Å². The highest BCUT2D eigenvalue weighted by Crippen LogP contribution is 2.41. The molecule has 8 rings (SSSR count). The summed E-state index contributed by atoms with van der Waals surface area (Å²) in [6.45, 7) is 4.75. The molecule has 0 N–H and O–H groups in total. The van der Waals surface area contributed by atoms with Gasteiger partial charge in [0, 0.05) is 23.5 Å². The van der Waals surface area contributed by atoms with Crippen LogP contribution in [0.2, 0.25) is 10.2 Å². The molecule has 0 amide bonds. The topological polar surface area (TPSA) is 61.4 Å². The molecule has 0 saturated carbocycles. The molecule has 3 heterocycles. The monoisotopic (exact) mass is 704 g/mol. The maximum Gasteiger partial charge on any atom is 0.205 e. The highest BCUT2D eigenvalue weighted by atomic mass is 35.5. The maximum absolute atomic E-state index is 6.76. The summed E-state index contributed by atoms with van der Waals surface area (Å²) in [7, 11) is 0. The molecule has 0 aliphatic carbocycles. The number of hydrogen-bond donors (Lipinski definition) is 0. The van der Waals surface area contributed by atoms with Crippen LogP contribution in [0.1, 0.15) is 40.6 Å². The van der Waals surface area contributed by atoms with Gasteiger partial charge in [0.15, 0.2) is 5.54 Å². The fraction of sp³-hybridized carbons (Fsp3) is 0.116. The van der Waals surface area contributed by atoms with Crippen LogP contribution in [0.4, 0.5) is 0 Å². The number of benzene rings is 5. The highest BCUT2D eigenvalue weighted by molar-refractivity contribution is 6.42. The van der Waals surface area contributed by atoms with Crippen molar-refractivity contribution in [3.05, 3.63) is 189 Å². The van der Waals surface area contributed by atoms with Gasteiger partial charge < -0.3 is 4.57 Å². The van der Waals surface area contributed by atoms with Crippen LogP contribution in [-0.4, -0.2) is 29.8 Å². The second-order valence-corrected chi connectivity index (χ2v) is 13.3. The number of fused-ring (bicyclic) bond motifs is 1. The van der Waals surface area contributed by atoms with Crippen molar-refractivity contribution in [1.82, 2.24) is 29.8 Å². The number of aromatic nitrogens is 6. The van der Waals surface area contributed by atoms with Gasteiger partial charge in [-0.3, -0.25) is 0 Å². The summed E-state index contributed by atoms with van der Waals surface area (Å²) in [5.41, 5.74) is 9.25. The van der Waals surface area contributed by atoms with Gasteiger partial charge in [-0.1, -0.05) is 170 Å². The predicted octanol–water partition coefficient (Wildman–Crippen LogP) is 10.4. The lowest BCUT2D eigenvalue weighted by atomic mass is 9.77. The van der Waals surface area contributed by atoms with Gasteiger partial charge in [0.1, 0.15) is 5.15 Å². The molecule has 51 heavy (non-hydrogen) atoms. The quantitative estimate of drug-likeness (QED) is 0.111. The summed E-state index contributed by atoms with van der Waals surface area (Å²) in [6, 6.07) is 50.1. The molecule has 250 valence electrons. The maximum atomic E-state index is 6.76. The van der Waals surface area contributed by atoms with Crippen molar-refractivity contribution in [3.63, 3.8) is 0 Å². The Bertz CT molecular complexity index is 2360. The van der Waals surface area contributed by atoms with Crippen molar-refractivity contribution in [2.45, 2.75) is 32.4 Å². The molecule has 0 saturated heterocycles. The Morgan fingerprint density at radius 3 is 1.78 bits per heavy atom. The molecule has 6 nitrogen and oxygen atoms in total. The molecule has 0 unspecified atom stereocenters. The molecule has 0 aliphatic heterocycles. The Hall–Kier alpha value is -5.56. The Morgan fingerprint density at radius 2 is 1.22 bits per heavy atom. The molecule has 0 aliphatic rings. The van der Waals surface area contributed by atoms with Gasteiger partial charge in [0.2, 0.25) is 5.82 Å². The van der Waals surface area contributed by atoms with Crippen LogP contribution < -0.4 is 0 Å². The SMILES string of the molecule is CCc1cc2c(c(Cl)n1)c(Cl)c(C)n2Cc1ccc(-c2ccccc2-c2nnn(C(c3ccccc3)(c3ccccc3)c3ccccc3)n2)cc1. The third kappa shape index (κ3) is 5.71. The van der Waals surface area contributed by atoms with Crippen LogP contribution in [-0.2, 0) is 18.5 Å². The molecule has 0 spiro atoms. The minimum Gasteiger partial charge on any atom is -0.339 e. The second kappa shape index (κ2) is 13.6. The molecule has 8 heteroatoms. The Morgan fingerprint density at radius 1 is 0.667 bits per heavy atom. The zero-order chi connectivity index (χ0) is 35.0. The number of tetrazole rings is 1. The van der Waals surface area contributed by atoms with Crippen molar-refractivity contribution < 1.29 is 0 Å². The van der Waals surface area contributed by atoms with Gasteiger partial charge in [0.25, 0.3) is 0 Å². The lowest BCUT2D eigenvalue weighted by Crippen LogP contribution is -2.39. The van der Waals surface area contributed by atoms with E-state index in [1.807, 2.05) is 37.3 Å². The fourth-order valence-electron chi connectivity index (χ4n) is 7.08. The van der Waals surface area contributed by atoms with Crippen molar-refractivity contribution in [3.8, 4) is 22.5 Å². The number of nitrogens with zero attached hydrogens (tertiary/aromatic N) is 6. The summed E-state index contributed by atoms with van der Waals surface area (Å²) < 4.78 is 2.22. The van der Waals surface area contributed by atoms with Gasteiger partial charge >= 0.3 is 0 Å². The van der Waals surface area contributed by atoms with Crippen LogP contribution in [0.15, 0.2) is 146 Å². The Balaban J connectivity index is 1.19. The average molecular weight is 706 g/mol. The number of rotatable bonds is 9. The van der Waals surface area contributed by atoms with E-state index in [9.17, 15) is 0 Å². The first-order valence-corrected chi connectivity index (χ1v) is 17.7. The molecular formula is C43H34Cl2N6. The van der Waals surface area contributed by atoms with Crippen LogP contribution in [0.5, 0.6) is 0 Å². The van der Waals surface area contributed by atoms with Crippen molar-refractivity contribution in [2.24, 2.45) is 0 Å². The summed E-state index contributed by atoms with van der Waals surface area (Å²) in [5.74, 6) is 0.545. The zero-order valence-electron chi connectivity index (χ0n) is 28.2. The van der Waals surface area contributed by atoms with Gasteiger partial charge in [-0.2, -0.15) is 0 Å². The van der Waals surface area contributed by atoms with Gasteiger partial charge in [-0.15, -0.1) is 15.0 Å². The number of hydrogen-bond acceptors (Lipinski definition) is 4. The zero-order valence-corrected chi connectivity index (χ0v) is 29.7. The molecule has 0 radical (unpaired) electrons. The standard InChI is InChI=1S/C43H34Cl2N6/c1-3-35-27-38-39(41(45)46-35)40(44)29(2)50(38)28-30-23-25-31(26-24-30)36-21-13-14-22-37(36)42-47-49-51(48-42)43(32-15-7-4-8-16-32,33-17-9-5-10-18-33)34-19-11-6-12-20-34/h4-27H,3,28H2,1-2H3. The summed E-state index contributed by atoms with van der Waals surface area (Å²) in [6.07, 6.45) is 0.792. The average Bonchev–Trinajstić information content (AvgIpc) is 3.77. The lowest BCUT2D eigenvalue weighted by Gasteiger charge is -2.34. The van der Waals surface area contributed by atoms with Crippen molar-refractivity contribution in [1.29, 1.82) is 0 Å².